The molecule has 3 aromatic rings. The first-order valence-electron chi connectivity index (χ1n) is 8.51. The smallest absolute Gasteiger partial charge is 0.234 e. The summed E-state index contributed by atoms with van der Waals surface area (Å²) in [6.45, 7) is 3.99. The monoisotopic (exact) mass is 399 g/mol. The summed E-state index contributed by atoms with van der Waals surface area (Å²) in [6.07, 6.45) is 0. The molecule has 0 aliphatic rings. The molecule has 9 heteroatoms. The molecule has 0 spiro atoms. The van der Waals surface area contributed by atoms with Crippen molar-refractivity contribution in [2.45, 2.75) is 19.0 Å². The Bertz CT molecular complexity index is 947. The fraction of sp³-hybridized carbons (Fsp3) is 0.263. The highest BCUT2D eigenvalue weighted by molar-refractivity contribution is 7.99. The maximum absolute atomic E-state index is 12.3. The van der Waals surface area contributed by atoms with Crippen molar-refractivity contribution in [1.82, 2.24) is 20.2 Å². The van der Waals surface area contributed by atoms with Gasteiger partial charge in [0.25, 0.3) is 0 Å². The first-order chi connectivity index (χ1) is 13.5. The number of nitrogens with one attached hydrogen (secondary N) is 1. The van der Waals surface area contributed by atoms with E-state index in [1.807, 2.05) is 26.0 Å². The minimum Gasteiger partial charge on any atom is -0.497 e. The molecule has 1 N–H and O–H groups in total. The van der Waals surface area contributed by atoms with Crippen LogP contribution in [0.5, 0.6) is 11.5 Å². The molecule has 0 radical (unpaired) electrons. The second-order valence-electron chi connectivity index (χ2n) is 6.16. The Morgan fingerprint density at radius 2 is 1.68 bits per heavy atom. The maximum Gasteiger partial charge on any atom is 0.234 e. The van der Waals surface area contributed by atoms with Gasteiger partial charge in [0.05, 0.1) is 25.7 Å². The highest BCUT2D eigenvalue weighted by Gasteiger charge is 2.14. The lowest BCUT2D eigenvalue weighted by molar-refractivity contribution is -0.113. The predicted octanol–water partition coefficient (Wildman–Crippen LogP) is 3.03. The SMILES string of the molecule is COc1cc(OC)cc(-n2nnnc2SCC(=O)Nc2cc(C)cc(C)c2)c1. The van der Waals surface area contributed by atoms with E-state index in [0.29, 0.717) is 22.3 Å². The lowest BCUT2D eigenvalue weighted by Crippen LogP contribution is -2.15. The third kappa shape index (κ3) is 4.80. The number of nitrogens with zero attached hydrogens (tertiary/aromatic N) is 4. The molecule has 0 saturated carbocycles. The van der Waals surface area contributed by atoms with Gasteiger partial charge in [-0.2, -0.15) is 4.68 Å². The van der Waals surface area contributed by atoms with Gasteiger partial charge in [0.15, 0.2) is 0 Å². The summed E-state index contributed by atoms with van der Waals surface area (Å²) in [5.74, 6) is 1.28. The number of carbonyl (C=O) groups is 1. The van der Waals surface area contributed by atoms with Crippen molar-refractivity contribution in [3.8, 4) is 17.2 Å². The van der Waals surface area contributed by atoms with Gasteiger partial charge in [-0.25, -0.2) is 0 Å². The number of tetrazole rings is 1. The molecular weight excluding hydrogens is 378 g/mol. The molecule has 3 rings (SSSR count). The first-order valence-corrected chi connectivity index (χ1v) is 9.50. The molecular formula is C19H21N5O3S. The Kier molecular flexibility index (Phi) is 6.15. The van der Waals surface area contributed by atoms with Gasteiger partial charge in [-0.15, -0.1) is 5.10 Å². The molecule has 0 fully saturated rings. The lowest BCUT2D eigenvalue weighted by Gasteiger charge is -2.10. The summed E-state index contributed by atoms with van der Waals surface area (Å²) < 4.78 is 12.1. The van der Waals surface area contributed by atoms with Crippen molar-refractivity contribution in [1.29, 1.82) is 0 Å². The Labute approximate surface area is 167 Å². The molecule has 2 aromatic carbocycles. The van der Waals surface area contributed by atoms with Crippen LogP contribution >= 0.6 is 11.8 Å². The highest BCUT2D eigenvalue weighted by atomic mass is 32.2. The molecule has 0 saturated heterocycles. The van der Waals surface area contributed by atoms with Gasteiger partial charge in [0.2, 0.25) is 11.1 Å². The van der Waals surface area contributed by atoms with Crippen LogP contribution in [0.3, 0.4) is 0 Å². The largest absolute Gasteiger partial charge is 0.497 e. The molecule has 0 aliphatic carbocycles. The van der Waals surface area contributed by atoms with Crippen molar-refractivity contribution in [2.75, 3.05) is 25.3 Å². The van der Waals surface area contributed by atoms with Gasteiger partial charge in [0, 0.05) is 23.9 Å². The molecule has 1 heterocycles. The van der Waals surface area contributed by atoms with Crippen LogP contribution < -0.4 is 14.8 Å². The average molecular weight is 399 g/mol. The number of amides is 1. The topological polar surface area (TPSA) is 91.2 Å². The third-order valence-electron chi connectivity index (χ3n) is 3.86. The number of carbonyl (C=O) groups excluding carboxylic acids is 1. The summed E-state index contributed by atoms with van der Waals surface area (Å²) in [7, 11) is 3.15. The maximum atomic E-state index is 12.3. The molecule has 0 bridgehead atoms. The van der Waals surface area contributed by atoms with Crippen LogP contribution in [0.15, 0.2) is 41.6 Å². The van der Waals surface area contributed by atoms with Crippen LogP contribution in [0.1, 0.15) is 11.1 Å². The quantitative estimate of drug-likeness (QED) is 0.611. The van der Waals surface area contributed by atoms with Gasteiger partial charge in [-0.1, -0.05) is 17.8 Å². The number of hydrogen-bond donors (Lipinski definition) is 1. The van der Waals surface area contributed by atoms with Crippen molar-refractivity contribution in [3.05, 3.63) is 47.5 Å². The third-order valence-corrected chi connectivity index (χ3v) is 4.78. The second-order valence-corrected chi connectivity index (χ2v) is 7.10. The number of anilines is 1. The Hall–Kier alpha value is -3.07. The normalized spacial score (nSPS) is 10.6. The molecule has 0 unspecified atom stereocenters. The van der Waals surface area contributed by atoms with Crippen LogP contribution in [-0.4, -0.2) is 46.1 Å². The zero-order valence-electron chi connectivity index (χ0n) is 16.1. The summed E-state index contributed by atoms with van der Waals surface area (Å²) >= 11 is 1.24. The molecule has 0 aliphatic heterocycles. The van der Waals surface area contributed by atoms with Crippen LogP contribution in [0.25, 0.3) is 5.69 Å². The zero-order valence-corrected chi connectivity index (χ0v) is 16.9. The molecule has 146 valence electrons. The number of benzene rings is 2. The van der Waals surface area contributed by atoms with Crippen molar-refractivity contribution in [3.63, 3.8) is 0 Å². The van der Waals surface area contributed by atoms with Gasteiger partial charge in [-0.3, -0.25) is 4.79 Å². The summed E-state index contributed by atoms with van der Waals surface area (Å²) in [4.78, 5) is 12.3. The first kappa shape index (κ1) is 19.7. The number of thioether (sulfide) groups is 1. The average Bonchev–Trinajstić information content (AvgIpc) is 3.13. The van der Waals surface area contributed by atoms with Gasteiger partial charge >= 0.3 is 0 Å². The van der Waals surface area contributed by atoms with Gasteiger partial charge in [-0.05, 0) is 47.5 Å². The van der Waals surface area contributed by atoms with Crippen LogP contribution in [0.2, 0.25) is 0 Å². The Morgan fingerprint density at radius 1 is 1.04 bits per heavy atom. The number of aryl methyl sites for hydroxylation is 2. The van der Waals surface area contributed by atoms with E-state index in [2.05, 4.69) is 26.9 Å². The fourth-order valence-corrected chi connectivity index (χ4v) is 3.41. The molecule has 8 nitrogen and oxygen atoms in total. The van der Waals surface area contributed by atoms with Crippen LogP contribution in [-0.2, 0) is 4.79 Å². The summed E-state index contributed by atoms with van der Waals surface area (Å²) in [5, 5.41) is 15.1. The lowest BCUT2D eigenvalue weighted by atomic mass is 10.1. The van der Waals surface area contributed by atoms with Gasteiger partial charge in [0.1, 0.15) is 11.5 Å². The molecule has 1 amide bonds. The highest BCUT2D eigenvalue weighted by Crippen LogP contribution is 2.27. The number of hydrogen-bond acceptors (Lipinski definition) is 7. The van der Waals surface area contributed by atoms with Gasteiger partial charge < -0.3 is 14.8 Å². The van der Waals surface area contributed by atoms with Crippen LogP contribution in [0.4, 0.5) is 5.69 Å². The predicted molar refractivity (Wildman–Crippen MR) is 108 cm³/mol. The van der Waals surface area contributed by atoms with E-state index in [-0.39, 0.29) is 11.7 Å². The molecule has 1 aromatic heterocycles. The minimum absolute atomic E-state index is 0.132. The fourth-order valence-electron chi connectivity index (χ4n) is 2.72. The van der Waals surface area contributed by atoms with Crippen molar-refractivity contribution >= 4 is 23.4 Å². The summed E-state index contributed by atoms with van der Waals surface area (Å²) in [5.41, 5.74) is 3.65. The zero-order chi connectivity index (χ0) is 20.1. The van der Waals surface area contributed by atoms with Crippen molar-refractivity contribution < 1.29 is 14.3 Å². The number of methoxy groups -OCH3 is 2. The van der Waals surface area contributed by atoms with Crippen molar-refractivity contribution in [2.24, 2.45) is 0 Å². The minimum atomic E-state index is -0.132. The second kappa shape index (κ2) is 8.75. The van der Waals surface area contributed by atoms with E-state index in [1.165, 1.54) is 11.8 Å². The molecule has 0 atom stereocenters. The summed E-state index contributed by atoms with van der Waals surface area (Å²) in [6, 6.07) is 11.3. The van der Waals surface area contributed by atoms with Crippen LogP contribution in [0, 0.1) is 13.8 Å². The van der Waals surface area contributed by atoms with E-state index < -0.39 is 0 Å². The Morgan fingerprint density at radius 3 is 2.29 bits per heavy atom. The van der Waals surface area contributed by atoms with E-state index in [1.54, 1.807) is 37.1 Å². The Balaban J connectivity index is 1.71. The van der Waals surface area contributed by atoms with E-state index in [9.17, 15) is 4.79 Å². The number of rotatable bonds is 7. The number of ether oxygens (including phenoxy) is 2. The van der Waals surface area contributed by atoms with E-state index in [0.717, 1.165) is 16.8 Å². The standard InChI is InChI=1S/C19H21N5O3S/c1-12-5-13(2)7-14(6-12)20-18(25)11-28-19-21-22-23-24(19)15-8-16(26-3)10-17(9-15)27-4/h5-10H,11H2,1-4H3,(H,20,25). The van der Waals surface area contributed by atoms with E-state index in [4.69, 9.17) is 9.47 Å². The number of aromatic nitrogens is 4. The molecule has 28 heavy (non-hydrogen) atoms. The van der Waals surface area contributed by atoms with E-state index >= 15 is 0 Å².